The third kappa shape index (κ3) is 3.27. The van der Waals surface area contributed by atoms with Gasteiger partial charge in [-0.1, -0.05) is 24.6 Å². The summed E-state index contributed by atoms with van der Waals surface area (Å²) in [5, 5.41) is 0. The number of alkyl halides is 3. The van der Waals surface area contributed by atoms with E-state index in [0.29, 0.717) is 17.1 Å². The van der Waals surface area contributed by atoms with E-state index >= 15 is 0 Å². The highest BCUT2D eigenvalue weighted by molar-refractivity contribution is 7.89. The number of halogens is 3. The molecule has 1 aromatic carbocycles. The minimum atomic E-state index is -4.53. The number of rotatable bonds is 4. The van der Waals surface area contributed by atoms with Crippen molar-refractivity contribution in [3.05, 3.63) is 30.3 Å². The Morgan fingerprint density at radius 2 is 1.74 bits per heavy atom. The first-order chi connectivity index (χ1) is 8.81. The van der Waals surface area contributed by atoms with E-state index in [1.165, 1.54) is 24.3 Å². The molecule has 0 saturated heterocycles. The molecule has 19 heavy (non-hydrogen) atoms. The minimum Gasteiger partial charge on any atom is -0.207 e. The highest BCUT2D eigenvalue weighted by Crippen LogP contribution is 2.32. The molecule has 0 aromatic heterocycles. The lowest BCUT2D eigenvalue weighted by molar-refractivity contribution is -0.141. The van der Waals surface area contributed by atoms with Crippen LogP contribution in [0.3, 0.4) is 0 Å². The standard InChI is InChI=1S/C12H14F3NO2S/c13-12(14,15)9-16(10-5-4-6-10)19(17,18)11-7-2-1-3-8-11/h1-3,7-8,10H,4-6,9H2. The topological polar surface area (TPSA) is 37.4 Å². The van der Waals surface area contributed by atoms with Gasteiger partial charge >= 0.3 is 6.18 Å². The second-order valence-corrected chi connectivity index (χ2v) is 6.45. The number of hydrogen-bond acceptors (Lipinski definition) is 2. The van der Waals surface area contributed by atoms with Gasteiger partial charge in [0.05, 0.1) is 4.90 Å². The highest BCUT2D eigenvalue weighted by atomic mass is 32.2. The number of nitrogens with zero attached hydrogens (tertiary/aromatic N) is 1. The Labute approximate surface area is 110 Å². The van der Waals surface area contributed by atoms with Crippen LogP contribution in [0.1, 0.15) is 19.3 Å². The fourth-order valence-electron chi connectivity index (χ4n) is 1.99. The Morgan fingerprint density at radius 3 is 2.16 bits per heavy atom. The molecule has 0 heterocycles. The molecule has 0 N–H and O–H groups in total. The minimum absolute atomic E-state index is 0.0915. The fourth-order valence-corrected chi connectivity index (χ4v) is 3.68. The summed E-state index contributed by atoms with van der Waals surface area (Å²) in [6.07, 6.45) is -2.79. The van der Waals surface area contributed by atoms with Crippen molar-refractivity contribution in [2.24, 2.45) is 0 Å². The summed E-state index contributed by atoms with van der Waals surface area (Å²) in [6.45, 7) is -1.42. The van der Waals surface area contributed by atoms with Gasteiger partial charge in [0.15, 0.2) is 0 Å². The molecule has 1 aliphatic carbocycles. The van der Waals surface area contributed by atoms with Gasteiger partial charge in [-0.3, -0.25) is 0 Å². The van der Waals surface area contributed by atoms with E-state index in [2.05, 4.69) is 0 Å². The van der Waals surface area contributed by atoms with Crippen molar-refractivity contribution in [1.29, 1.82) is 0 Å². The lowest BCUT2D eigenvalue weighted by Gasteiger charge is -2.36. The first-order valence-corrected chi connectivity index (χ1v) is 7.38. The molecule has 2 rings (SSSR count). The van der Waals surface area contributed by atoms with Gasteiger partial charge in [-0.05, 0) is 25.0 Å². The molecule has 3 nitrogen and oxygen atoms in total. The monoisotopic (exact) mass is 293 g/mol. The third-order valence-corrected chi connectivity index (χ3v) is 5.08. The van der Waals surface area contributed by atoms with Crippen LogP contribution >= 0.6 is 0 Å². The maximum atomic E-state index is 12.6. The molecule has 0 radical (unpaired) electrons. The second-order valence-electron chi connectivity index (χ2n) is 4.56. The highest BCUT2D eigenvalue weighted by Gasteiger charge is 2.42. The predicted octanol–water partition coefficient (Wildman–Crippen LogP) is 2.79. The van der Waals surface area contributed by atoms with E-state index in [1.54, 1.807) is 6.07 Å². The van der Waals surface area contributed by atoms with Crippen molar-refractivity contribution in [1.82, 2.24) is 4.31 Å². The fraction of sp³-hybridized carbons (Fsp3) is 0.500. The van der Waals surface area contributed by atoms with Gasteiger partial charge in [-0.15, -0.1) is 0 Å². The molecular formula is C12H14F3NO2S. The SMILES string of the molecule is O=S(=O)(c1ccccc1)N(CC(F)(F)F)C1CCC1. The average molecular weight is 293 g/mol. The van der Waals surface area contributed by atoms with Crippen LogP contribution in [0.25, 0.3) is 0 Å². The molecule has 0 bridgehead atoms. The van der Waals surface area contributed by atoms with Crippen LogP contribution in [0.2, 0.25) is 0 Å². The van der Waals surface area contributed by atoms with Gasteiger partial charge in [0.25, 0.3) is 0 Å². The van der Waals surface area contributed by atoms with Crippen LogP contribution in [-0.2, 0) is 10.0 Å². The molecule has 7 heteroatoms. The van der Waals surface area contributed by atoms with E-state index < -0.39 is 28.8 Å². The maximum Gasteiger partial charge on any atom is 0.402 e. The van der Waals surface area contributed by atoms with Crippen molar-refractivity contribution in [2.45, 2.75) is 36.4 Å². The van der Waals surface area contributed by atoms with Crippen LogP contribution in [-0.4, -0.2) is 31.5 Å². The number of hydrogen-bond donors (Lipinski definition) is 0. The van der Waals surface area contributed by atoms with E-state index in [4.69, 9.17) is 0 Å². The summed E-state index contributed by atoms with van der Waals surface area (Å²) in [7, 11) is -4.08. The summed E-state index contributed by atoms with van der Waals surface area (Å²) >= 11 is 0. The summed E-state index contributed by atoms with van der Waals surface area (Å²) in [5.41, 5.74) is 0. The second kappa shape index (κ2) is 5.13. The van der Waals surface area contributed by atoms with E-state index in [0.717, 1.165) is 6.42 Å². The normalized spacial score (nSPS) is 17.5. The van der Waals surface area contributed by atoms with Crippen LogP contribution < -0.4 is 0 Å². The van der Waals surface area contributed by atoms with Gasteiger partial charge < -0.3 is 0 Å². The molecule has 0 amide bonds. The van der Waals surface area contributed by atoms with Gasteiger partial charge in [-0.25, -0.2) is 8.42 Å². The molecule has 0 unspecified atom stereocenters. The zero-order valence-electron chi connectivity index (χ0n) is 10.1. The third-order valence-electron chi connectivity index (χ3n) is 3.17. The van der Waals surface area contributed by atoms with Gasteiger partial charge in [0.1, 0.15) is 6.54 Å². The molecule has 1 saturated carbocycles. The van der Waals surface area contributed by atoms with E-state index in [9.17, 15) is 21.6 Å². The van der Waals surface area contributed by atoms with Crippen LogP contribution in [0.15, 0.2) is 35.2 Å². The Bertz CT molecular complexity index is 524. The maximum absolute atomic E-state index is 12.6. The predicted molar refractivity (Wildman–Crippen MR) is 64.0 cm³/mol. The summed E-state index contributed by atoms with van der Waals surface area (Å²) in [4.78, 5) is -0.0915. The summed E-state index contributed by atoms with van der Waals surface area (Å²) in [5.74, 6) is 0. The first kappa shape index (κ1) is 14.3. The molecule has 1 fully saturated rings. The zero-order chi connectivity index (χ0) is 14.1. The van der Waals surface area contributed by atoms with Crippen molar-refractivity contribution < 1.29 is 21.6 Å². The lowest BCUT2D eigenvalue weighted by atomic mass is 9.93. The van der Waals surface area contributed by atoms with E-state index in [-0.39, 0.29) is 4.90 Å². The van der Waals surface area contributed by atoms with Crippen molar-refractivity contribution in [2.75, 3.05) is 6.54 Å². The molecule has 106 valence electrons. The lowest BCUT2D eigenvalue weighted by Crippen LogP contribution is -2.48. The molecule has 1 aromatic rings. The van der Waals surface area contributed by atoms with Crippen molar-refractivity contribution >= 4 is 10.0 Å². The van der Waals surface area contributed by atoms with Crippen LogP contribution in [0.4, 0.5) is 13.2 Å². The van der Waals surface area contributed by atoms with Gasteiger partial charge in [0.2, 0.25) is 10.0 Å². The van der Waals surface area contributed by atoms with Crippen molar-refractivity contribution in [3.63, 3.8) is 0 Å². The summed E-state index contributed by atoms with van der Waals surface area (Å²) in [6, 6.07) is 6.72. The number of benzene rings is 1. The zero-order valence-corrected chi connectivity index (χ0v) is 10.9. The molecular weight excluding hydrogens is 279 g/mol. The number of sulfonamides is 1. The molecule has 0 spiro atoms. The van der Waals surface area contributed by atoms with E-state index in [1.807, 2.05) is 0 Å². The Kier molecular flexibility index (Phi) is 3.87. The molecule has 1 aliphatic rings. The van der Waals surface area contributed by atoms with Crippen LogP contribution in [0, 0.1) is 0 Å². The van der Waals surface area contributed by atoms with Gasteiger partial charge in [-0.2, -0.15) is 17.5 Å². The van der Waals surface area contributed by atoms with Crippen molar-refractivity contribution in [3.8, 4) is 0 Å². The smallest absolute Gasteiger partial charge is 0.207 e. The Morgan fingerprint density at radius 1 is 1.16 bits per heavy atom. The first-order valence-electron chi connectivity index (χ1n) is 5.94. The Hall–Kier alpha value is -1.08. The average Bonchev–Trinajstić information content (AvgIpc) is 2.25. The molecule has 0 aliphatic heterocycles. The van der Waals surface area contributed by atoms with Gasteiger partial charge in [0, 0.05) is 6.04 Å². The Balaban J connectivity index is 2.32. The summed E-state index contributed by atoms with van der Waals surface area (Å²) < 4.78 is 62.8. The van der Waals surface area contributed by atoms with Crippen LogP contribution in [0.5, 0.6) is 0 Å². The largest absolute Gasteiger partial charge is 0.402 e. The quantitative estimate of drug-likeness (QED) is 0.856. The molecule has 0 atom stereocenters.